The average Bonchev–Trinajstić information content (AvgIpc) is 2.33. The molecule has 0 heterocycles. The molecule has 0 aromatic carbocycles. The van der Waals surface area contributed by atoms with Gasteiger partial charge in [0.25, 0.3) is 0 Å². The van der Waals surface area contributed by atoms with E-state index in [2.05, 4.69) is 33.0 Å². The maximum absolute atomic E-state index is 11.3. The van der Waals surface area contributed by atoms with Gasteiger partial charge in [-0.3, -0.25) is 4.79 Å². The molecule has 0 bridgehead atoms. The second kappa shape index (κ2) is 2.86. The minimum Gasteiger partial charge on any atom is -0.349 e. The lowest BCUT2D eigenvalue weighted by Gasteiger charge is -2.02. The third-order valence-electron chi connectivity index (χ3n) is 3.63. The fourth-order valence-electron chi connectivity index (χ4n) is 1.90. The van der Waals surface area contributed by atoms with Crippen molar-refractivity contribution in [2.45, 2.75) is 40.7 Å². The fraction of sp³-hybridized carbons (Fsp3) is 0.727. The van der Waals surface area contributed by atoms with Gasteiger partial charge < -0.3 is 5.32 Å². The Morgan fingerprint density at radius 3 is 2.00 bits per heavy atom. The molecule has 1 aliphatic rings. The molecule has 2 heteroatoms. The predicted molar refractivity (Wildman–Crippen MR) is 54.3 cm³/mol. The third-order valence-corrected chi connectivity index (χ3v) is 3.63. The summed E-state index contributed by atoms with van der Waals surface area (Å²) in [6.07, 6.45) is 3.34. The zero-order valence-electron chi connectivity index (χ0n) is 9.14. The van der Waals surface area contributed by atoms with Gasteiger partial charge in [0.2, 0.25) is 5.91 Å². The number of carbonyl (C=O) groups excluding carboxylic acids is 1. The van der Waals surface area contributed by atoms with E-state index < -0.39 is 0 Å². The van der Waals surface area contributed by atoms with Crippen molar-refractivity contribution in [3.05, 3.63) is 12.2 Å². The normalized spacial score (nSPS) is 24.7. The van der Waals surface area contributed by atoms with Gasteiger partial charge in [-0.15, -0.1) is 0 Å². The van der Waals surface area contributed by atoms with Gasteiger partial charge in [-0.05, 0) is 23.8 Å². The number of nitrogens with one attached hydrogen (secondary N) is 1. The van der Waals surface area contributed by atoms with Crippen molar-refractivity contribution >= 4 is 5.91 Å². The Balaban J connectivity index is 2.56. The van der Waals surface area contributed by atoms with E-state index in [1.807, 2.05) is 6.92 Å². The summed E-state index contributed by atoms with van der Waals surface area (Å²) < 4.78 is 0. The number of amides is 1. The van der Waals surface area contributed by atoms with Gasteiger partial charge in [-0.2, -0.15) is 0 Å². The largest absolute Gasteiger partial charge is 0.349 e. The average molecular weight is 181 g/mol. The van der Waals surface area contributed by atoms with E-state index in [0.29, 0.717) is 6.04 Å². The summed E-state index contributed by atoms with van der Waals surface area (Å²) >= 11 is 0. The summed E-state index contributed by atoms with van der Waals surface area (Å²) in [7, 11) is 0. The zero-order chi connectivity index (χ0) is 10.3. The second-order valence-electron chi connectivity index (χ2n) is 4.88. The molecule has 13 heavy (non-hydrogen) atoms. The Kier molecular flexibility index (Phi) is 2.27. The number of rotatable bonds is 2. The van der Waals surface area contributed by atoms with E-state index in [-0.39, 0.29) is 16.7 Å². The maximum Gasteiger partial charge on any atom is 0.243 e. The van der Waals surface area contributed by atoms with E-state index >= 15 is 0 Å². The van der Waals surface area contributed by atoms with E-state index in [0.717, 1.165) is 0 Å². The molecular formula is C11H19NO. The lowest BCUT2D eigenvalue weighted by atomic mass is 10.0. The van der Waals surface area contributed by atoms with E-state index in [9.17, 15) is 4.79 Å². The van der Waals surface area contributed by atoms with Crippen LogP contribution in [0.2, 0.25) is 0 Å². The van der Waals surface area contributed by atoms with Crippen LogP contribution < -0.4 is 5.32 Å². The molecule has 0 aromatic rings. The van der Waals surface area contributed by atoms with E-state index in [1.54, 1.807) is 12.2 Å². The standard InChI is InChI=1S/C11H19NO/c1-6-7-8(13)12-9-10(2,3)11(9,4)5/h6-7,9H,1-5H3,(H,12,13)/b7-6+. The summed E-state index contributed by atoms with van der Waals surface area (Å²) in [6.45, 7) is 10.6. The quantitative estimate of drug-likeness (QED) is 0.649. The summed E-state index contributed by atoms with van der Waals surface area (Å²) in [5, 5.41) is 3.01. The van der Waals surface area contributed by atoms with Crippen LogP contribution in [0.1, 0.15) is 34.6 Å². The topological polar surface area (TPSA) is 29.1 Å². The predicted octanol–water partition coefficient (Wildman–Crippen LogP) is 2.11. The second-order valence-corrected chi connectivity index (χ2v) is 4.88. The highest BCUT2D eigenvalue weighted by atomic mass is 16.1. The first-order chi connectivity index (χ1) is 5.84. The SMILES string of the molecule is C/C=C/C(=O)NC1C(C)(C)C1(C)C. The zero-order valence-corrected chi connectivity index (χ0v) is 9.14. The van der Waals surface area contributed by atoms with Crippen molar-refractivity contribution in [2.75, 3.05) is 0 Å². The van der Waals surface area contributed by atoms with Gasteiger partial charge in [0.15, 0.2) is 0 Å². The Morgan fingerprint density at radius 2 is 1.69 bits per heavy atom. The molecule has 2 nitrogen and oxygen atoms in total. The van der Waals surface area contributed by atoms with Crippen LogP contribution in [0.3, 0.4) is 0 Å². The number of hydrogen-bond acceptors (Lipinski definition) is 1. The van der Waals surface area contributed by atoms with E-state index in [4.69, 9.17) is 0 Å². The smallest absolute Gasteiger partial charge is 0.243 e. The fourth-order valence-corrected chi connectivity index (χ4v) is 1.90. The summed E-state index contributed by atoms with van der Waals surface area (Å²) in [5.41, 5.74) is 0.453. The van der Waals surface area contributed by atoms with Crippen molar-refractivity contribution in [1.29, 1.82) is 0 Å². The monoisotopic (exact) mass is 181 g/mol. The number of hydrogen-bond donors (Lipinski definition) is 1. The number of carbonyl (C=O) groups is 1. The lowest BCUT2D eigenvalue weighted by Crippen LogP contribution is -2.27. The van der Waals surface area contributed by atoms with Crippen LogP contribution in [-0.4, -0.2) is 11.9 Å². The minimum absolute atomic E-state index is 0.0196. The third kappa shape index (κ3) is 1.50. The van der Waals surface area contributed by atoms with Gasteiger partial charge in [-0.25, -0.2) is 0 Å². The molecule has 0 atom stereocenters. The lowest BCUT2D eigenvalue weighted by molar-refractivity contribution is -0.116. The molecule has 1 N–H and O–H groups in total. The van der Waals surface area contributed by atoms with Crippen LogP contribution in [0.4, 0.5) is 0 Å². The van der Waals surface area contributed by atoms with Crippen molar-refractivity contribution in [1.82, 2.24) is 5.32 Å². The minimum atomic E-state index is 0.0196. The van der Waals surface area contributed by atoms with Gasteiger partial charge >= 0.3 is 0 Å². The first kappa shape index (κ1) is 10.3. The van der Waals surface area contributed by atoms with Crippen LogP contribution in [0.5, 0.6) is 0 Å². The first-order valence-electron chi connectivity index (χ1n) is 4.77. The Bertz CT molecular complexity index is 237. The van der Waals surface area contributed by atoms with Crippen molar-refractivity contribution in [3.8, 4) is 0 Å². The first-order valence-corrected chi connectivity index (χ1v) is 4.77. The molecule has 1 fully saturated rings. The van der Waals surface area contributed by atoms with E-state index in [1.165, 1.54) is 0 Å². The Labute approximate surface area is 80.4 Å². The van der Waals surface area contributed by atoms with Gasteiger partial charge in [0.05, 0.1) is 0 Å². The molecule has 1 aliphatic carbocycles. The van der Waals surface area contributed by atoms with Gasteiger partial charge in [0.1, 0.15) is 0 Å². The summed E-state index contributed by atoms with van der Waals surface area (Å²) in [5.74, 6) is 0.0196. The highest BCUT2D eigenvalue weighted by molar-refractivity contribution is 5.88. The van der Waals surface area contributed by atoms with Gasteiger partial charge in [-0.1, -0.05) is 33.8 Å². The van der Waals surface area contributed by atoms with Crippen molar-refractivity contribution in [3.63, 3.8) is 0 Å². The van der Waals surface area contributed by atoms with Crippen LogP contribution >= 0.6 is 0 Å². The number of allylic oxidation sites excluding steroid dienone is 1. The molecule has 0 unspecified atom stereocenters. The van der Waals surface area contributed by atoms with Gasteiger partial charge in [0, 0.05) is 6.04 Å². The Hall–Kier alpha value is -0.790. The van der Waals surface area contributed by atoms with Crippen molar-refractivity contribution < 1.29 is 4.79 Å². The highest BCUT2D eigenvalue weighted by Gasteiger charge is 2.65. The molecule has 74 valence electrons. The molecule has 1 rings (SSSR count). The molecule has 0 aromatic heterocycles. The molecule has 0 spiro atoms. The van der Waals surface area contributed by atoms with Crippen LogP contribution in [0.15, 0.2) is 12.2 Å². The summed E-state index contributed by atoms with van der Waals surface area (Å²) in [4.78, 5) is 11.3. The molecule has 0 radical (unpaired) electrons. The molecule has 0 saturated heterocycles. The summed E-state index contributed by atoms with van der Waals surface area (Å²) in [6, 6.07) is 0.309. The molecule has 1 saturated carbocycles. The Morgan fingerprint density at radius 1 is 1.23 bits per heavy atom. The van der Waals surface area contributed by atoms with Crippen LogP contribution in [-0.2, 0) is 4.79 Å². The molecule has 0 aliphatic heterocycles. The van der Waals surface area contributed by atoms with Crippen LogP contribution in [0, 0.1) is 10.8 Å². The van der Waals surface area contributed by atoms with Crippen molar-refractivity contribution in [2.24, 2.45) is 10.8 Å². The molecular weight excluding hydrogens is 162 g/mol. The van der Waals surface area contributed by atoms with Crippen LogP contribution in [0.25, 0.3) is 0 Å². The molecule has 1 amide bonds. The highest BCUT2D eigenvalue weighted by Crippen LogP contribution is 2.62. The maximum atomic E-state index is 11.3.